The molecule has 0 aliphatic carbocycles. The Bertz CT molecular complexity index is 774. The number of furan rings is 1. The highest BCUT2D eigenvalue weighted by Gasteiger charge is 2.21. The van der Waals surface area contributed by atoms with Crippen LogP contribution in [-0.4, -0.2) is 31.2 Å². The molecule has 0 amide bonds. The van der Waals surface area contributed by atoms with Gasteiger partial charge in [0.25, 0.3) is 10.0 Å². The van der Waals surface area contributed by atoms with E-state index in [-0.39, 0.29) is 30.2 Å². The molecular weight excluding hydrogens is 312 g/mol. The van der Waals surface area contributed by atoms with Crippen molar-refractivity contribution < 1.29 is 27.3 Å². The summed E-state index contributed by atoms with van der Waals surface area (Å²) >= 11 is 0. The highest BCUT2D eigenvalue weighted by molar-refractivity contribution is 7.89. The SMILES string of the molecule is Cc1noc(-c2ccc(S(=O)(=O)NCCCC(=O)O)o2)c1C. The fourth-order valence-electron chi connectivity index (χ4n) is 1.75. The summed E-state index contributed by atoms with van der Waals surface area (Å²) < 4.78 is 36.7. The summed E-state index contributed by atoms with van der Waals surface area (Å²) in [6.07, 6.45) is 0.0883. The number of carboxylic acid groups (broad SMARTS) is 1. The van der Waals surface area contributed by atoms with Crippen molar-refractivity contribution >= 4 is 16.0 Å². The Hall–Kier alpha value is -2.13. The van der Waals surface area contributed by atoms with Crippen LogP contribution in [0.5, 0.6) is 0 Å². The number of rotatable bonds is 7. The van der Waals surface area contributed by atoms with Crippen molar-refractivity contribution in [1.82, 2.24) is 9.88 Å². The molecule has 0 spiro atoms. The van der Waals surface area contributed by atoms with Crippen molar-refractivity contribution in [1.29, 1.82) is 0 Å². The number of aryl methyl sites for hydroxylation is 1. The molecule has 2 aromatic heterocycles. The van der Waals surface area contributed by atoms with Crippen LogP contribution in [0, 0.1) is 13.8 Å². The number of carbonyl (C=O) groups is 1. The molecule has 0 atom stereocenters. The van der Waals surface area contributed by atoms with Crippen LogP contribution in [0.2, 0.25) is 0 Å². The minimum atomic E-state index is -3.82. The molecule has 2 heterocycles. The van der Waals surface area contributed by atoms with Gasteiger partial charge in [-0.05, 0) is 32.4 Å². The maximum atomic E-state index is 12.0. The van der Waals surface area contributed by atoms with E-state index in [9.17, 15) is 13.2 Å². The van der Waals surface area contributed by atoms with Crippen LogP contribution in [0.1, 0.15) is 24.1 Å². The van der Waals surface area contributed by atoms with Crippen LogP contribution >= 0.6 is 0 Å². The van der Waals surface area contributed by atoms with Gasteiger partial charge < -0.3 is 14.0 Å². The average molecular weight is 328 g/mol. The van der Waals surface area contributed by atoms with E-state index < -0.39 is 16.0 Å². The maximum absolute atomic E-state index is 12.0. The van der Waals surface area contributed by atoms with Gasteiger partial charge in [-0.2, -0.15) is 0 Å². The van der Waals surface area contributed by atoms with Gasteiger partial charge in [-0.25, -0.2) is 13.1 Å². The van der Waals surface area contributed by atoms with E-state index in [1.807, 2.05) is 0 Å². The monoisotopic (exact) mass is 328 g/mol. The summed E-state index contributed by atoms with van der Waals surface area (Å²) in [5, 5.41) is 12.0. The summed E-state index contributed by atoms with van der Waals surface area (Å²) in [6, 6.07) is 2.80. The molecule has 0 aliphatic heterocycles. The molecule has 8 nitrogen and oxygen atoms in total. The van der Waals surface area contributed by atoms with Crippen LogP contribution < -0.4 is 4.72 Å². The first-order valence-corrected chi connectivity index (χ1v) is 8.04. The minimum absolute atomic E-state index is 0.0190. The molecule has 120 valence electrons. The lowest BCUT2D eigenvalue weighted by atomic mass is 10.2. The van der Waals surface area contributed by atoms with Crippen LogP contribution in [0.3, 0.4) is 0 Å². The van der Waals surface area contributed by atoms with Gasteiger partial charge in [0.1, 0.15) is 0 Å². The number of nitrogens with one attached hydrogen (secondary N) is 1. The third kappa shape index (κ3) is 3.55. The van der Waals surface area contributed by atoms with E-state index in [1.165, 1.54) is 12.1 Å². The largest absolute Gasteiger partial charge is 0.481 e. The molecule has 0 aromatic carbocycles. The molecule has 2 N–H and O–H groups in total. The quantitative estimate of drug-likeness (QED) is 0.741. The topological polar surface area (TPSA) is 123 Å². The fourth-order valence-corrected chi connectivity index (χ4v) is 2.75. The summed E-state index contributed by atoms with van der Waals surface area (Å²) in [5.74, 6) is -0.329. The lowest BCUT2D eigenvalue weighted by Crippen LogP contribution is -2.24. The van der Waals surface area contributed by atoms with Crippen molar-refractivity contribution in [3.63, 3.8) is 0 Å². The maximum Gasteiger partial charge on any atom is 0.303 e. The van der Waals surface area contributed by atoms with Crippen LogP contribution in [0.15, 0.2) is 26.2 Å². The highest BCUT2D eigenvalue weighted by atomic mass is 32.2. The van der Waals surface area contributed by atoms with Crippen LogP contribution in [0.25, 0.3) is 11.5 Å². The number of aromatic nitrogens is 1. The molecule has 0 unspecified atom stereocenters. The Morgan fingerprint density at radius 3 is 2.68 bits per heavy atom. The van der Waals surface area contributed by atoms with Crippen molar-refractivity contribution in [2.24, 2.45) is 0 Å². The van der Waals surface area contributed by atoms with Gasteiger partial charge in [0.05, 0.1) is 5.69 Å². The van der Waals surface area contributed by atoms with Crippen LogP contribution in [0.4, 0.5) is 0 Å². The van der Waals surface area contributed by atoms with Crippen molar-refractivity contribution in [3.05, 3.63) is 23.4 Å². The van der Waals surface area contributed by atoms with Gasteiger partial charge in [0.2, 0.25) is 10.9 Å². The van der Waals surface area contributed by atoms with E-state index in [0.717, 1.165) is 5.56 Å². The van der Waals surface area contributed by atoms with Crippen LogP contribution in [-0.2, 0) is 14.8 Å². The van der Waals surface area contributed by atoms with Crippen molar-refractivity contribution in [2.45, 2.75) is 31.8 Å². The standard InChI is InChI=1S/C13H16N2O6S/c1-8-9(2)15-21-13(8)10-5-6-12(20-10)22(18,19)14-7-3-4-11(16)17/h5-6,14H,3-4,7H2,1-2H3,(H,16,17). The predicted molar refractivity (Wildman–Crippen MR) is 75.7 cm³/mol. The summed E-state index contributed by atoms with van der Waals surface area (Å²) in [6.45, 7) is 3.58. The zero-order valence-electron chi connectivity index (χ0n) is 12.1. The lowest BCUT2D eigenvalue weighted by molar-refractivity contribution is -0.137. The van der Waals surface area contributed by atoms with Gasteiger partial charge in [0.15, 0.2) is 5.76 Å². The van der Waals surface area contributed by atoms with E-state index in [2.05, 4.69) is 9.88 Å². The number of hydrogen-bond donors (Lipinski definition) is 2. The highest BCUT2D eigenvalue weighted by Crippen LogP contribution is 2.28. The number of nitrogens with zero attached hydrogens (tertiary/aromatic N) is 1. The molecule has 0 saturated carbocycles. The zero-order chi connectivity index (χ0) is 16.3. The van der Waals surface area contributed by atoms with Gasteiger partial charge in [-0.1, -0.05) is 5.16 Å². The van der Waals surface area contributed by atoms with Crippen molar-refractivity contribution in [2.75, 3.05) is 6.54 Å². The second kappa shape index (κ2) is 6.32. The third-order valence-electron chi connectivity index (χ3n) is 3.09. The molecule has 0 aliphatic rings. The summed E-state index contributed by atoms with van der Waals surface area (Å²) in [7, 11) is -3.82. The normalized spacial score (nSPS) is 11.7. The third-order valence-corrected chi connectivity index (χ3v) is 4.42. The summed E-state index contributed by atoms with van der Waals surface area (Å²) in [5.41, 5.74) is 1.47. The smallest absolute Gasteiger partial charge is 0.303 e. The molecule has 0 bridgehead atoms. The van der Waals surface area contributed by atoms with E-state index >= 15 is 0 Å². The number of aliphatic carboxylic acids is 1. The Morgan fingerprint density at radius 2 is 2.09 bits per heavy atom. The van der Waals surface area contributed by atoms with E-state index in [1.54, 1.807) is 13.8 Å². The Balaban J connectivity index is 2.10. The zero-order valence-corrected chi connectivity index (χ0v) is 12.9. The minimum Gasteiger partial charge on any atom is -0.481 e. The Kier molecular flexibility index (Phi) is 4.67. The molecule has 2 aromatic rings. The Labute approximate surface area is 127 Å². The molecule has 0 saturated heterocycles. The fraction of sp³-hybridized carbons (Fsp3) is 0.385. The lowest BCUT2D eigenvalue weighted by Gasteiger charge is -2.02. The van der Waals surface area contributed by atoms with Gasteiger partial charge in [0, 0.05) is 18.5 Å². The van der Waals surface area contributed by atoms with Gasteiger partial charge >= 0.3 is 5.97 Å². The number of hydrogen-bond acceptors (Lipinski definition) is 6. The molecule has 2 rings (SSSR count). The Morgan fingerprint density at radius 1 is 1.36 bits per heavy atom. The second-order valence-corrected chi connectivity index (χ2v) is 6.43. The van der Waals surface area contributed by atoms with E-state index in [4.69, 9.17) is 14.0 Å². The summed E-state index contributed by atoms with van der Waals surface area (Å²) in [4.78, 5) is 10.4. The van der Waals surface area contributed by atoms with Gasteiger partial charge in [-0.3, -0.25) is 4.79 Å². The molecule has 22 heavy (non-hydrogen) atoms. The first-order chi connectivity index (χ1) is 10.3. The molecule has 0 radical (unpaired) electrons. The van der Waals surface area contributed by atoms with E-state index in [0.29, 0.717) is 11.5 Å². The predicted octanol–water partition coefficient (Wildman–Crippen LogP) is 1.69. The van der Waals surface area contributed by atoms with Crippen molar-refractivity contribution in [3.8, 4) is 11.5 Å². The van der Waals surface area contributed by atoms with Gasteiger partial charge in [-0.15, -0.1) is 0 Å². The second-order valence-electron chi connectivity index (χ2n) is 4.74. The first-order valence-electron chi connectivity index (χ1n) is 6.56. The average Bonchev–Trinajstić information content (AvgIpc) is 3.04. The molecular formula is C13H16N2O6S. The number of sulfonamides is 1. The first kappa shape index (κ1) is 16.2. The molecule has 0 fully saturated rings. The molecule has 9 heteroatoms. The number of carboxylic acids is 1.